The Balaban J connectivity index is 1.42. The van der Waals surface area contributed by atoms with Crippen LogP contribution < -0.4 is 16.1 Å². The normalized spacial score (nSPS) is 13.6. The highest BCUT2D eigenvalue weighted by atomic mass is 35.5. The van der Waals surface area contributed by atoms with Crippen LogP contribution in [0.3, 0.4) is 0 Å². The number of halogens is 1. The zero-order chi connectivity index (χ0) is 22.9. The van der Waals surface area contributed by atoms with Gasteiger partial charge in [0.25, 0.3) is 11.8 Å². The van der Waals surface area contributed by atoms with E-state index < -0.39 is 11.3 Å². The Kier molecular flexibility index (Phi) is 5.16. The topological polar surface area (TPSA) is 107 Å². The second-order valence-electron chi connectivity index (χ2n) is 7.47. The van der Waals surface area contributed by atoms with Crippen molar-refractivity contribution in [3.63, 3.8) is 0 Å². The molecule has 0 saturated heterocycles. The lowest BCUT2D eigenvalue weighted by molar-refractivity contribution is -0.110. The van der Waals surface area contributed by atoms with E-state index in [1.165, 1.54) is 12.4 Å². The third-order valence-corrected chi connectivity index (χ3v) is 5.54. The predicted octanol–water partition coefficient (Wildman–Crippen LogP) is 4.77. The van der Waals surface area contributed by atoms with Gasteiger partial charge in [0.1, 0.15) is 5.56 Å². The van der Waals surface area contributed by atoms with Crippen molar-refractivity contribution in [1.82, 2.24) is 9.97 Å². The first-order valence-electron chi connectivity index (χ1n) is 10.1. The van der Waals surface area contributed by atoms with Crippen molar-refractivity contribution in [1.29, 1.82) is 0 Å². The maximum Gasteiger partial charge on any atom is 0.261 e. The van der Waals surface area contributed by atoms with E-state index in [1.54, 1.807) is 54.7 Å². The van der Waals surface area contributed by atoms with Crippen LogP contribution in [-0.4, -0.2) is 21.8 Å². The van der Waals surface area contributed by atoms with E-state index >= 15 is 0 Å². The van der Waals surface area contributed by atoms with Crippen LogP contribution in [0.15, 0.2) is 78.0 Å². The fourth-order valence-corrected chi connectivity index (χ4v) is 3.92. The molecule has 7 nitrogen and oxygen atoms in total. The zero-order valence-corrected chi connectivity index (χ0v) is 17.9. The number of nitrogens with one attached hydrogen (secondary N) is 4. The molecule has 2 aromatic carbocycles. The number of pyridine rings is 1. The van der Waals surface area contributed by atoms with E-state index in [9.17, 15) is 14.4 Å². The fourth-order valence-electron chi connectivity index (χ4n) is 3.73. The van der Waals surface area contributed by atoms with Gasteiger partial charge in [-0.2, -0.15) is 0 Å². The lowest BCUT2D eigenvalue weighted by atomic mass is 10.0. The third-order valence-electron chi connectivity index (χ3n) is 5.31. The van der Waals surface area contributed by atoms with Gasteiger partial charge in [0.15, 0.2) is 0 Å². The van der Waals surface area contributed by atoms with Gasteiger partial charge in [-0.05, 0) is 48.0 Å². The summed E-state index contributed by atoms with van der Waals surface area (Å²) in [6.07, 6.45) is 6.44. The largest absolute Gasteiger partial charge is 0.366 e. The van der Waals surface area contributed by atoms with Crippen molar-refractivity contribution in [3.05, 3.63) is 105 Å². The number of benzene rings is 2. The van der Waals surface area contributed by atoms with Gasteiger partial charge in [-0.1, -0.05) is 29.8 Å². The van der Waals surface area contributed by atoms with Crippen molar-refractivity contribution < 1.29 is 9.59 Å². The number of aromatic amines is 2. The first-order valence-corrected chi connectivity index (χ1v) is 10.5. The van der Waals surface area contributed by atoms with E-state index in [0.717, 1.165) is 11.3 Å². The SMILES string of the molecule is O=C1Nc2cc(NC(=O)c3c[nH]cc(-c4cccc(Cl)c4)c3=O)ccc2/C1=C/c1ccc[nH]1. The summed E-state index contributed by atoms with van der Waals surface area (Å²) in [5.74, 6) is -0.791. The lowest BCUT2D eigenvalue weighted by Crippen LogP contribution is -2.22. The second-order valence-corrected chi connectivity index (χ2v) is 7.91. The number of carbonyl (C=O) groups excluding carboxylic acids is 2. The third kappa shape index (κ3) is 3.97. The lowest BCUT2D eigenvalue weighted by Gasteiger charge is -2.08. The molecule has 1 aliphatic rings. The summed E-state index contributed by atoms with van der Waals surface area (Å²) in [7, 11) is 0. The number of carbonyl (C=O) groups is 2. The van der Waals surface area contributed by atoms with Crippen molar-refractivity contribution >= 4 is 46.4 Å². The molecule has 8 heteroatoms. The van der Waals surface area contributed by atoms with Crippen LogP contribution in [0.1, 0.15) is 21.6 Å². The standard InChI is InChI=1S/C25H17ClN4O3/c26-15-4-1-3-14(9-15)20-12-27-13-21(23(20)31)25(33)29-17-6-7-18-19(10-16-5-2-8-28-16)24(32)30-22(18)11-17/h1-13,28H,(H,27,31)(H,29,33)(H,30,32)/b19-10-. The maximum absolute atomic E-state index is 12.9. The highest BCUT2D eigenvalue weighted by Crippen LogP contribution is 2.35. The number of hydrogen-bond acceptors (Lipinski definition) is 3. The molecule has 0 saturated carbocycles. The number of anilines is 2. The average molecular weight is 457 g/mol. The maximum atomic E-state index is 12.9. The Morgan fingerprint density at radius 3 is 2.64 bits per heavy atom. The summed E-state index contributed by atoms with van der Waals surface area (Å²) in [6, 6.07) is 15.7. The smallest absolute Gasteiger partial charge is 0.261 e. The molecule has 4 N–H and O–H groups in total. The van der Waals surface area contributed by atoms with Crippen molar-refractivity contribution in [2.24, 2.45) is 0 Å². The monoisotopic (exact) mass is 456 g/mol. The van der Waals surface area contributed by atoms with E-state index in [0.29, 0.717) is 33.1 Å². The van der Waals surface area contributed by atoms with E-state index in [4.69, 9.17) is 11.6 Å². The summed E-state index contributed by atoms with van der Waals surface area (Å²) < 4.78 is 0. The molecule has 2 aromatic heterocycles. The van der Waals surface area contributed by atoms with Crippen LogP contribution in [0.5, 0.6) is 0 Å². The van der Waals surface area contributed by atoms with Gasteiger partial charge in [0.05, 0.1) is 11.3 Å². The molecule has 5 rings (SSSR count). The number of aromatic nitrogens is 2. The van der Waals surface area contributed by atoms with Crippen molar-refractivity contribution in [2.45, 2.75) is 0 Å². The molecule has 0 fully saturated rings. The summed E-state index contributed by atoms with van der Waals surface area (Å²) in [4.78, 5) is 44.1. The van der Waals surface area contributed by atoms with Crippen LogP contribution in [0, 0.1) is 0 Å². The van der Waals surface area contributed by atoms with E-state index in [-0.39, 0.29) is 11.5 Å². The number of amides is 2. The van der Waals surface area contributed by atoms with Gasteiger partial charge in [0.2, 0.25) is 5.43 Å². The molecule has 0 spiro atoms. The quantitative estimate of drug-likeness (QED) is 0.332. The molecule has 0 unspecified atom stereocenters. The minimum atomic E-state index is -0.563. The highest BCUT2D eigenvalue weighted by molar-refractivity contribution is 6.35. The minimum Gasteiger partial charge on any atom is -0.366 e. The number of H-pyrrole nitrogens is 2. The van der Waals surface area contributed by atoms with Crippen LogP contribution in [0.4, 0.5) is 11.4 Å². The summed E-state index contributed by atoms with van der Waals surface area (Å²) in [6.45, 7) is 0. The van der Waals surface area contributed by atoms with Crippen molar-refractivity contribution in [3.8, 4) is 11.1 Å². The molecule has 33 heavy (non-hydrogen) atoms. The molecule has 4 aromatic rings. The minimum absolute atomic E-state index is 0.0376. The molecule has 1 aliphatic heterocycles. The summed E-state index contributed by atoms with van der Waals surface area (Å²) in [5, 5.41) is 6.03. The van der Waals surface area contributed by atoms with Crippen LogP contribution in [0.2, 0.25) is 5.02 Å². The van der Waals surface area contributed by atoms with Gasteiger partial charge < -0.3 is 20.6 Å². The predicted molar refractivity (Wildman–Crippen MR) is 129 cm³/mol. The Hall–Kier alpha value is -4.36. The first-order chi connectivity index (χ1) is 16.0. The number of fused-ring (bicyclic) bond motifs is 1. The van der Waals surface area contributed by atoms with Crippen LogP contribution >= 0.6 is 11.6 Å². The fraction of sp³-hybridized carbons (Fsp3) is 0. The van der Waals surface area contributed by atoms with Gasteiger partial charge in [-0.15, -0.1) is 0 Å². The Morgan fingerprint density at radius 2 is 1.85 bits per heavy atom. The van der Waals surface area contributed by atoms with Gasteiger partial charge in [-0.25, -0.2) is 0 Å². The molecule has 3 heterocycles. The molecular weight excluding hydrogens is 440 g/mol. The molecule has 0 radical (unpaired) electrons. The second kappa shape index (κ2) is 8.29. The Morgan fingerprint density at radius 1 is 0.970 bits per heavy atom. The molecule has 0 atom stereocenters. The molecule has 2 amide bonds. The van der Waals surface area contributed by atoms with E-state index in [1.807, 2.05) is 12.1 Å². The molecule has 0 aliphatic carbocycles. The summed E-state index contributed by atoms with van der Waals surface area (Å²) in [5.41, 5.74) is 3.59. The molecular formula is C25H17ClN4O3. The first kappa shape index (κ1) is 20.5. The zero-order valence-electron chi connectivity index (χ0n) is 17.1. The summed E-state index contributed by atoms with van der Waals surface area (Å²) >= 11 is 6.04. The van der Waals surface area contributed by atoms with Gasteiger partial charge in [0, 0.05) is 46.1 Å². The Labute approximate surface area is 193 Å². The highest BCUT2D eigenvalue weighted by Gasteiger charge is 2.25. The van der Waals surface area contributed by atoms with Crippen LogP contribution in [-0.2, 0) is 4.79 Å². The molecule has 0 bridgehead atoms. The number of hydrogen-bond donors (Lipinski definition) is 4. The van der Waals surface area contributed by atoms with Gasteiger partial charge in [-0.3, -0.25) is 14.4 Å². The molecule has 162 valence electrons. The van der Waals surface area contributed by atoms with E-state index in [2.05, 4.69) is 20.6 Å². The number of rotatable bonds is 4. The van der Waals surface area contributed by atoms with Gasteiger partial charge >= 0.3 is 0 Å². The van der Waals surface area contributed by atoms with Crippen molar-refractivity contribution in [2.75, 3.05) is 10.6 Å². The van der Waals surface area contributed by atoms with Crippen LogP contribution in [0.25, 0.3) is 22.8 Å². The average Bonchev–Trinajstić information content (AvgIpc) is 3.41. The Bertz CT molecular complexity index is 1490.